The van der Waals surface area contributed by atoms with Crippen molar-refractivity contribution in [2.24, 2.45) is 5.92 Å². The molecule has 1 aromatic heterocycles. The van der Waals surface area contributed by atoms with Gasteiger partial charge < -0.3 is 5.32 Å². The SMILES string of the molecule is O=C(NCC1CNNC1c1ccc(Cl)cc1)c1cn(Cc2ccc(F)cc2Cl)nn1. The summed E-state index contributed by atoms with van der Waals surface area (Å²) in [6.45, 7) is 1.46. The Kier molecular flexibility index (Phi) is 6.29. The largest absolute Gasteiger partial charge is 0.350 e. The third kappa shape index (κ3) is 4.79. The summed E-state index contributed by atoms with van der Waals surface area (Å²) >= 11 is 12.0. The molecule has 3 aromatic rings. The number of hydrogen-bond donors (Lipinski definition) is 3. The second-order valence-corrected chi connectivity index (χ2v) is 7.91. The smallest absolute Gasteiger partial charge is 0.273 e. The van der Waals surface area contributed by atoms with E-state index in [0.717, 1.165) is 5.56 Å². The first-order valence-electron chi connectivity index (χ1n) is 9.36. The molecule has 0 bridgehead atoms. The van der Waals surface area contributed by atoms with Crippen molar-refractivity contribution in [3.05, 3.63) is 81.3 Å². The van der Waals surface area contributed by atoms with Crippen molar-refractivity contribution in [2.45, 2.75) is 12.6 Å². The fourth-order valence-corrected chi connectivity index (χ4v) is 3.72. The predicted octanol–water partition coefficient (Wildman–Crippen LogP) is 2.97. The van der Waals surface area contributed by atoms with Crippen LogP contribution in [0.2, 0.25) is 10.0 Å². The molecule has 0 radical (unpaired) electrons. The highest BCUT2D eigenvalue weighted by atomic mass is 35.5. The third-order valence-corrected chi connectivity index (χ3v) is 5.57. The van der Waals surface area contributed by atoms with Crippen molar-refractivity contribution in [1.82, 2.24) is 31.2 Å². The first kappa shape index (κ1) is 20.7. The number of amides is 1. The zero-order valence-corrected chi connectivity index (χ0v) is 17.3. The van der Waals surface area contributed by atoms with Crippen LogP contribution in [0, 0.1) is 11.7 Å². The monoisotopic (exact) mass is 448 g/mol. The van der Waals surface area contributed by atoms with Crippen molar-refractivity contribution in [3.8, 4) is 0 Å². The van der Waals surface area contributed by atoms with Crippen LogP contribution < -0.4 is 16.2 Å². The van der Waals surface area contributed by atoms with Gasteiger partial charge in [0.05, 0.1) is 18.8 Å². The number of hydrazine groups is 1. The molecule has 1 aliphatic heterocycles. The van der Waals surface area contributed by atoms with E-state index in [2.05, 4.69) is 26.5 Å². The van der Waals surface area contributed by atoms with Crippen molar-refractivity contribution in [3.63, 3.8) is 0 Å². The third-order valence-electron chi connectivity index (χ3n) is 4.97. The summed E-state index contributed by atoms with van der Waals surface area (Å²) in [5, 5.41) is 11.8. The molecule has 0 saturated carbocycles. The van der Waals surface area contributed by atoms with Crippen LogP contribution in [0.1, 0.15) is 27.7 Å². The second-order valence-electron chi connectivity index (χ2n) is 7.06. The Morgan fingerprint density at radius 2 is 2.03 bits per heavy atom. The highest BCUT2D eigenvalue weighted by Gasteiger charge is 2.28. The molecule has 1 aliphatic rings. The standard InChI is InChI=1S/C20H19Cl2FN6O/c21-15-4-1-12(2-5-15)19-14(9-25-27-19)8-24-20(30)18-11-29(28-26-18)10-13-3-6-16(23)7-17(13)22/h1-7,11,14,19,25,27H,8-10H2,(H,24,30). The van der Waals surface area contributed by atoms with Crippen LogP contribution in [-0.2, 0) is 6.54 Å². The number of nitrogens with one attached hydrogen (secondary N) is 3. The topological polar surface area (TPSA) is 83.9 Å². The summed E-state index contributed by atoms with van der Waals surface area (Å²) in [5.74, 6) is -0.563. The average molecular weight is 449 g/mol. The molecule has 0 aliphatic carbocycles. The zero-order valence-electron chi connectivity index (χ0n) is 15.8. The molecule has 156 valence electrons. The molecule has 1 amide bonds. The van der Waals surface area contributed by atoms with Crippen LogP contribution in [0.15, 0.2) is 48.7 Å². The van der Waals surface area contributed by atoms with E-state index >= 15 is 0 Å². The van der Waals surface area contributed by atoms with Gasteiger partial charge in [0, 0.05) is 29.1 Å². The summed E-state index contributed by atoms with van der Waals surface area (Å²) < 4.78 is 14.7. The van der Waals surface area contributed by atoms with Gasteiger partial charge in [-0.05, 0) is 35.4 Å². The van der Waals surface area contributed by atoms with Gasteiger partial charge in [-0.25, -0.2) is 14.5 Å². The lowest BCUT2D eigenvalue weighted by Gasteiger charge is -2.19. The Labute approximate surface area is 182 Å². The maximum absolute atomic E-state index is 13.2. The highest BCUT2D eigenvalue weighted by molar-refractivity contribution is 6.31. The molecular weight excluding hydrogens is 430 g/mol. The molecular formula is C20H19Cl2FN6O. The second kappa shape index (κ2) is 9.09. The molecule has 2 atom stereocenters. The fraction of sp³-hybridized carbons (Fsp3) is 0.250. The van der Waals surface area contributed by atoms with Crippen LogP contribution in [0.5, 0.6) is 0 Å². The van der Waals surface area contributed by atoms with E-state index in [-0.39, 0.29) is 30.1 Å². The van der Waals surface area contributed by atoms with E-state index in [0.29, 0.717) is 28.7 Å². The van der Waals surface area contributed by atoms with Gasteiger partial charge in [0.15, 0.2) is 5.69 Å². The van der Waals surface area contributed by atoms with Gasteiger partial charge in [-0.3, -0.25) is 10.2 Å². The summed E-state index contributed by atoms with van der Waals surface area (Å²) in [7, 11) is 0. The van der Waals surface area contributed by atoms with Crippen molar-refractivity contribution in [2.75, 3.05) is 13.1 Å². The molecule has 10 heteroatoms. The van der Waals surface area contributed by atoms with Gasteiger partial charge in [-0.15, -0.1) is 5.10 Å². The quantitative estimate of drug-likeness (QED) is 0.539. The Hall–Kier alpha value is -2.52. The molecule has 7 nitrogen and oxygen atoms in total. The van der Waals surface area contributed by atoms with Crippen molar-refractivity contribution >= 4 is 29.1 Å². The predicted molar refractivity (Wildman–Crippen MR) is 112 cm³/mol. The lowest BCUT2D eigenvalue weighted by atomic mass is 9.95. The first-order valence-corrected chi connectivity index (χ1v) is 10.1. The van der Waals surface area contributed by atoms with Crippen LogP contribution in [0.4, 0.5) is 4.39 Å². The molecule has 1 fully saturated rings. The van der Waals surface area contributed by atoms with Crippen LogP contribution in [0.3, 0.4) is 0 Å². The minimum absolute atomic E-state index is 0.0545. The van der Waals surface area contributed by atoms with Gasteiger partial charge in [-0.2, -0.15) is 0 Å². The number of aromatic nitrogens is 3. The van der Waals surface area contributed by atoms with Gasteiger partial charge in [0.1, 0.15) is 5.82 Å². The van der Waals surface area contributed by atoms with Crippen LogP contribution in [0.25, 0.3) is 0 Å². The molecule has 4 rings (SSSR count). The molecule has 2 unspecified atom stereocenters. The summed E-state index contributed by atoms with van der Waals surface area (Å²) in [6.07, 6.45) is 1.54. The zero-order chi connectivity index (χ0) is 21.1. The number of nitrogens with zero attached hydrogens (tertiary/aromatic N) is 3. The van der Waals surface area contributed by atoms with E-state index in [9.17, 15) is 9.18 Å². The molecule has 2 aromatic carbocycles. The average Bonchev–Trinajstić information content (AvgIpc) is 3.38. The summed E-state index contributed by atoms with van der Waals surface area (Å²) in [5.41, 5.74) is 8.34. The number of halogens is 3. The van der Waals surface area contributed by atoms with Gasteiger partial charge in [0.2, 0.25) is 0 Å². The Bertz CT molecular complexity index is 1040. The first-order chi connectivity index (χ1) is 14.5. The van der Waals surface area contributed by atoms with Crippen LogP contribution >= 0.6 is 23.2 Å². The normalized spacial score (nSPS) is 18.5. The molecule has 2 heterocycles. The highest BCUT2D eigenvalue weighted by Crippen LogP contribution is 2.25. The minimum Gasteiger partial charge on any atom is -0.350 e. The number of carbonyl (C=O) groups excluding carboxylic acids is 1. The van der Waals surface area contributed by atoms with Gasteiger partial charge in [0.25, 0.3) is 5.91 Å². The number of carbonyl (C=O) groups is 1. The van der Waals surface area contributed by atoms with E-state index in [1.165, 1.54) is 23.0 Å². The van der Waals surface area contributed by atoms with E-state index < -0.39 is 5.82 Å². The van der Waals surface area contributed by atoms with E-state index in [1.54, 1.807) is 6.07 Å². The maximum Gasteiger partial charge on any atom is 0.273 e. The number of rotatable bonds is 6. The summed E-state index contributed by atoms with van der Waals surface area (Å²) in [4.78, 5) is 12.5. The van der Waals surface area contributed by atoms with Crippen molar-refractivity contribution < 1.29 is 9.18 Å². The summed E-state index contributed by atoms with van der Waals surface area (Å²) in [6, 6.07) is 11.8. The Balaban J connectivity index is 1.35. The lowest BCUT2D eigenvalue weighted by molar-refractivity contribution is 0.0941. The number of benzene rings is 2. The number of hydrogen-bond acceptors (Lipinski definition) is 5. The van der Waals surface area contributed by atoms with E-state index in [1.807, 2.05) is 24.3 Å². The van der Waals surface area contributed by atoms with E-state index in [4.69, 9.17) is 23.2 Å². The molecule has 1 saturated heterocycles. The molecule has 30 heavy (non-hydrogen) atoms. The van der Waals surface area contributed by atoms with Gasteiger partial charge in [-0.1, -0.05) is 46.6 Å². The lowest BCUT2D eigenvalue weighted by Crippen LogP contribution is -2.33. The van der Waals surface area contributed by atoms with Crippen molar-refractivity contribution in [1.29, 1.82) is 0 Å². The molecule has 0 spiro atoms. The fourth-order valence-electron chi connectivity index (χ4n) is 3.37. The maximum atomic E-state index is 13.2. The van der Waals surface area contributed by atoms with Gasteiger partial charge >= 0.3 is 0 Å². The Morgan fingerprint density at radius 3 is 2.80 bits per heavy atom. The molecule has 3 N–H and O–H groups in total. The van der Waals surface area contributed by atoms with Crippen LogP contribution in [-0.4, -0.2) is 34.0 Å². The Morgan fingerprint density at radius 1 is 1.23 bits per heavy atom. The minimum atomic E-state index is -0.407.